The molecule has 13 heteroatoms. The van der Waals surface area contributed by atoms with Crippen LogP contribution in [0.3, 0.4) is 0 Å². The zero-order valence-corrected chi connectivity index (χ0v) is 20.4. The first kappa shape index (κ1) is 31.4. The van der Waals surface area contributed by atoms with Gasteiger partial charge in [0.05, 0.1) is 52.3 Å². The number of terminal acetylenes is 1. The summed E-state index contributed by atoms with van der Waals surface area (Å²) in [5.41, 5.74) is 7.20. The van der Waals surface area contributed by atoms with Crippen LogP contribution in [0.5, 0.6) is 0 Å². The Bertz CT molecular complexity index is 634. The predicted octanol–water partition coefficient (Wildman–Crippen LogP) is -0.789. The molecule has 0 aromatic heterocycles. The third-order valence-corrected chi connectivity index (χ3v) is 3.77. The lowest BCUT2D eigenvalue weighted by atomic mass is 10.1. The lowest BCUT2D eigenvalue weighted by Crippen LogP contribution is -2.47. The van der Waals surface area contributed by atoms with Gasteiger partial charge in [-0.25, -0.2) is 16.2 Å². The first-order chi connectivity index (χ1) is 16.2. The molecule has 7 N–H and O–H groups in total. The smallest absolute Gasteiger partial charge is 0.408 e. The van der Waals surface area contributed by atoms with Crippen molar-refractivity contribution in [1.29, 1.82) is 0 Å². The number of hydrogen-bond donors (Lipinski definition) is 5. The Morgan fingerprint density at radius 2 is 1.56 bits per heavy atom. The predicted molar refractivity (Wildman–Crippen MR) is 126 cm³/mol. The number of carbonyl (C=O) groups is 2. The number of nitrogens with zero attached hydrogens (tertiary/aromatic N) is 1. The summed E-state index contributed by atoms with van der Waals surface area (Å²) in [6, 6.07) is -0.732. The molecule has 1 atom stereocenters. The van der Waals surface area contributed by atoms with Crippen LogP contribution in [0, 0.1) is 12.3 Å². The van der Waals surface area contributed by atoms with Crippen molar-refractivity contribution in [3.8, 4) is 12.3 Å². The van der Waals surface area contributed by atoms with E-state index >= 15 is 0 Å². The van der Waals surface area contributed by atoms with Gasteiger partial charge in [-0.2, -0.15) is 0 Å². The summed E-state index contributed by atoms with van der Waals surface area (Å²) in [7, 11) is 0. The average molecular weight is 489 g/mol. The molecule has 0 aromatic rings. The van der Waals surface area contributed by atoms with Gasteiger partial charge in [0, 0.05) is 13.0 Å². The van der Waals surface area contributed by atoms with Gasteiger partial charge >= 0.3 is 6.09 Å². The number of carbonyl (C=O) groups excluding carboxylic acids is 2. The minimum atomic E-state index is -0.732. The SMILES string of the molecule is C#CCOCCOCCOCCOCCNC(=O)CC[C@H](NC(=O)OC(C)(C)C)/C(N)=N/NN. The average Bonchev–Trinajstić information content (AvgIpc) is 2.75. The van der Waals surface area contributed by atoms with Crippen molar-refractivity contribution in [3.05, 3.63) is 0 Å². The highest BCUT2D eigenvalue weighted by Crippen LogP contribution is 2.08. The van der Waals surface area contributed by atoms with E-state index in [1.807, 2.05) is 0 Å². The number of nitrogens with two attached hydrogens (primary N) is 2. The number of rotatable bonds is 19. The van der Waals surface area contributed by atoms with Crippen molar-refractivity contribution in [2.24, 2.45) is 16.7 Å². The number of hydrogen-bond acceptors (Lipinski definition) is 10. The fraction of sp³-hybridized carbons (Fsp3) is 0.762. The zero-order chi connectivity index (χ0) is 25.7. The van der Waals surface area contributed by atoms with Crippen molar-refractivity contribution >= 4 is 17.8 Å². The zero-order valence-electron chi connectivity index (χ0n) is 20.4. The van der Waals surface area contributed by atoms with Gasteiger partial charge in [0.2, 0.25) is 5.91 Å². The van der Waals surface area contributed by atoms with E-state index < -0.39 is 17.7 Å². The number of amides is 2. The molecular formula is C21H40N6O7. The van der Waals surface area contributed by atoms with Crippen LogP contribution in [0.1, 0.15) is 33.6 Å². The Kier molecular flexibility index (Phi) is 18.3. The van der Waals surface area contributed by atoms with E-state index in [9.17, 15) is 9.59 Å². The Morgan fingerprint density at radius 1 is 1.00 bits per heavy atom. The molecule has 0 unspecified atom stereocenters. The number of hydrazine groups is 1. The van der Waals surface area contributed by atoms with Crippen LogP contribution in [0.4, 0.5) is 4.79 Å². The van der Waals surface area contributed by atoms with E-state index in [1.165, 1.54) is 0 Å². The normalized spacial score (nSPS) is 12.5. The van der Waals surface area contributed by atoms with Gasteiger partial charge < -0.3 is 40.1 Å². The lowest BCUT2D eigenvalue weighted by Gasteiger charge is -2.23. The molecule has 0 saturated carbocycles. The third kappa shape index (κ3) is 20.0. The largest absolute Gasteiger partial charge is 0.444 e. The van der Waals surface area contributed by atoms with E-state index in [1.54, 1.807) is 20.8 Å². The topological polar surface area (TPSA) is 181 Å². The maximum absolute atomic E-state index is 12.1. The van der Waals surface area contributed by atoms with E-state index in [0.29, 0.717) is 52.8 Å². The second-order valence-corrected chi connectivity index (χ2v) is 7.85. The molecule has 0 aliphatic heterocycles. The van der Waals surface area contributed by atoms with Crippen LogP contribution in [-0.2, 0) is 28.5 Å². The van der Waals surface area contributed by atoms with Crippen molar-refractivity contribution in [3.63, 3.8) is 0 Å². The highest BCUT2D eigenvalue weighted by molar-refractivity contribution is 5.89. The first-order valence-corrected chi connectivity index (χ1v) is 11.0. The summed E-state index contributed by atoms with van der Waals surface area (Å²) in [5.74, 6) is 7.31. The number of hydrazone groups is 1. The van der Waals surface area contributed by atoms with Crippen molar-refractivity contribution in [1.82, 2.24) is 16.2 Å². The van der Waals surface area contributed by atoms with Gasteiger partial charge in [-0.15, -0.1) is 11.5 Å². The Labute approximate surface area is 201 Å². The molecule has 196 valence electrons. The van der Waals surface area contributed by atoms with Gasteiger partial charge in [0.15, 0.2) is 0 Å². The lowest BCUT2D eigenvalue weighted by molar-refractivity contribution is -0.121. The van der Waals surface area contributed by atoms with Gasteiger partial charge in [0.1, 0.15) is 18.0 Å². The van der Waals surface area contributed by atoms with Gasteiger partial charge in [-0.1, -0.05) is 5.92 Å². The Morgan fingerprint density at radius 3 is 2.09 bits per heavy atom. The monoisotopic (exact) mass is 488 g/mol. The molecule has 0 aliphatic carbocycles. The summed E-state index contributed by atoms with van der Waals surface area (Å²) in [4.78, 5) is 24.1. The second kappa shape index (κ2) is 19.8. The van der Waals surface area contributed by atoms with E-state index in [2.05, 4.69) is 27.2 Å². The number of nitrogens with one attached hydrogen (secondary N) is 3. The quantitative estimate of drug-likeness (QED) is 0.0386. The molecule has 0 rings (SSSR count). The summed E-state index contributed by atoms with van der Waals surface area (Å²) in [5, 5.41) is 8.97. The molecule has 0 heterocycles. The standard InChI is InChI=1S/C21H40N6O7/c1-5-9-30-11-13-32-15-16-33-14-12-31-10-8-24-18(28)7-6-17(19(22)26-27-23)25-20(29)34-21(2,3)4/h1,17,27H,6-16,23H2,2-4H3,(H2,22,26)(H,24,28)(H,25,29)/t17-/m0/s1. The summed E-state index contributed by atoms with van der Waals surface area (Å²) >= 11 is 0. The highest BCUT2D eigenvalue weighted by atomic mass is 16.6. The summed E-state index contributed by atoms with van der Waals surface area (Å²) < 4.78 is 26.3. The van der Waals surface area contributed by atoms with Crippen molar-refractivity contribution < 1.29 is 33.3 Å². The molecule has 0 aliphatic rings. The minimum Gasteiger partial charge on any atom is -0.444 e. The molecule has 2 amide bonds. The van der Waals surface area contributed by atoms with Crippen molar-refractivity contribution in [2.75, 3.05) is 59.4 Å². The van der Waals surface area contributed by atoms with Crippen molar-refractivity contribution in [2.45, 2.75) is 45.3 Å². The van der Waals surface area contributed by atoms with Crippen LogP contribution in [0.25, 0.3) is 0 Å². The maximum atomic E-state index is 12.1. The molecule has 0 spiro atoms. The molecule has 0 aromatic carbocycles. The number of alkyl carbamates (subject to hydrolysis) is 1. The number of ether oxygens (including phenoxy) is 5. The van der Waals surface area contributed by atoms with Crippen LogP contribution < -0.4 is 27.7 Å². The van der Waals surface area contributed by atoms with E-state index in [4.69, 9.17) is 41.7 Å². The van der Waals surface area contributed by atoms with Gasteiger partial charge in [-0.3, -0.25) is 4.79 Å². The van der Waals surface area contributed by atoms with Crippen LogP contribution in [0.2, 0.25) is 0 Å². The van der Waals surface area contributed by atoms with Gasteiger partial charge in [-0.05, 0) is 27.2 Å². The maximum Gasteiger partial charge on any atom is 0.408 e. The van der Waals surface area contributed by atoms with Gasteiger partial charge in [0.25, 0.3) is 0 Å². The number of amidine groups is 1. The Balaban J connectivity index is 3.90. The third-order valence-electron chi connectivity index (χ3n) is 3.77. The summed E-state index contributed by atoms with van der Waals surface area (Å²) in [6.07, 6.45) is 4.68. The molecule has 0 radical (unpaired) electrons. The highest BCUT2D eigenvalue weighted by Gasteiger charge is 2.22. The van der Waals surface area contributed by atoms with Crippen LogP contribution >= 0.6 is 0 Å². The van der Waals surface area contributed by atoms with Crippen LogP contribution in [-0.4, -0.2) is 88.9 Å². The molecule has 0 bridgehead atoms. The second-order valence-electron chi connectivity index (χ2n) is 7.85. The fourth-order valence-corrected chi connectivity index (χ4v) is 2.31. The van der Waals surface area contributed by atoms with Crippen LogP contribution in [0.15, 0.2) is 5.10 Å². The van der Waals surface area contributed by atoms with E-state index in [-0.39, 0.29) is 31.2 Å². The summed E-state index contributed by atoms with van der Waals surface area (Å²) in [6.45, 7) is 8.76. The molecule has 13 nitrogen and oxygen atoms in total. The molecule has 34 heavy (non-hydrogen) atoms. The molecule has 0 fully saturated rings. The molecular weight excluding hydrogens is 448 g/mol. The van der Waals surface area contributed by atoms with E-state index in [0.717, 1.165) is 0 Å². The fourth-order valence-electron chi connectivity index (χ4n) is 2.31. The first-order valence-electron chi connectivity index (χ1n) is 11.0. The minimum absolute atomic E-state index is 0.0205. The molecule has 0 saturated heterocycles. The Hall–Kier alpha value is -2.63.